The van der Waals surface area contributed by atoms with Crippen molar-refractivity contribution >= 4 is 69.9 Å². The Bertz CT molecular complexity index is 2350. The summed E-state index contributed by atoms with van der Waals surface area (Å²) in [5.41, 5.74) is 4.40. The van der Waals surface area contributed by atoms with Crippen molar-refractivity contribution in [2.75, 3.05) is 65.2 Å². The lowest BCUT2D eigenvalue weighted by atomic mass is 9.99. The molecule has 4 aromatic rings. The van der Waals surface area contributed by atoms with Crippen LogP contribution in [0.1, 0.15) is 85.7 Å². The summed E-state index contributed by atoms with van der Waals surface area (Å²) in [6, 6.07) is 11.1. The van der Waals surface area contributed by atoms with Gasteiger partial charge in [0, 0.05) is 51.2 Å². The van der Waals surface area contributed by atoms with Crippen LogP contribution < -0.4 is 10.6 Å². The van der Waals surface area contributed by atoms with Crippen LogP contribution in [0.2, 0.25) is 5.02 Å². The van der Waals surface area contributed by atoms with E-state index in [1.54, 1.807) is 29.5 Å². The Morgan fingerprint density at radius 2 is 1.58 bits per heavy atom. The fraction of sp³-hybridized carbons (Fsp3) is 0.442. The average molecular weight is 906 g/mol. The van der Waals surface area contributed by atoms with Gasteiger partial charge in [0.05, 0.1) is 69.5 Å². The molecule has 19 heteroatoms. The average Bonchev–Trinajstić information content (AvgIpc) is 3.83. The maximum absolute atomic E-state index is 13.2. The summed E-state index contributed by atoms with van der Waals surface area (Å²) in [7, 11) is 0. The van der Waals surface area contributed by atoms with Crippen molar-refractivity contribution in [1.29, 1.82) is 0 Å². The van der Waals surface area contributed by atoms with Crippen LogP contribution >= 0.6 is 34.7 Å². The van der Waals surface area contributed by atoms with E-state index in [0.29, 0.717) is 87.3 Å². The maximum atomic E-state index is 13.2. The molecule has 5 amide bonds. The molecule has 0 bridgehead atoms. The zero-order chi connectivity index (χ0) is 43.8. The van der Waals surface area contributed by atoms with Gasteiger partial charge < -0.3 is 24.3 Å². The van der Waals surface area contributed by atoms with Crippen LogP contribution in [-0.2, 0) is 33.3 Å². The zero-order valence-electron chi connectivity index (χ0n) is 34.7. The summed E-state index contributed by atoms with van der Waals surface area (Å²) in [5, 5.41) is 15.7. The highest BCUT2D eigenvalue weighted by atomic mass is 35.5. The van der Waals surface area contributed by atoms with Crippen LogP contribution in [0.3, 0.4) is 0 Å². The number of aryl methyl sites for hydroxylation is 2. The number of halogens is 1. The molecule has 328 valence electrons. The lowest BCUT2D eigenvalue weighted by Crippen LogP contribution is -2.54. The van der Waals surface area contributed by atoms with Gasteiger partial charge >= 0.3 is 0 Å². The molecular weight excluding hydrogens is 858 g/mol. The molecule has 2 aromatic carbocycles. The molecule has 1 unspecified atom stereocenters. The van der Waals surface area contributed by atoms with Crippen molar-refractivity contribution in [3.8, 4) is 5.00 Å². The third kappa shape index (κ3) is 10.3. The fourth-order valence-corrected chi connectivity index (χ4v) is 9.64. The number of imide groups is 2. The molecule has 2 N–H and O–H groups in total. The first-order chi connectivity index (χ1) is 30.0. The number of ether oxygens (including phenoxy) is 4. The number of aromatic nitrogens is 3. The number of rotatable bonds is 21. The van der Waals surface area contributed by atoms with E-state index in [9.17, 15) is 24.0 Å². The molecule has 0 aliphatic carbocycles. The minimum Gasteiger partial charge on any atom is -0.379 e. The number of hydrogen-bond acceptors (Lipinski definition) is 14. The predicted molar refractivity (Wildman–Crippen MR) is 233 cm³/mol. The van der Waals surface area contributed by atoms with Gasteiger partial charge in [0.1, 0.15) is 22.9 Å². The van der Waals surface area contributed by atoms with Crippen molar-refractivity contribution < 1.29 is 42.9 Å². The van der Waals surface area contributed by atoms with E-state index >= 15 is 0 Å². The minimum atomic E-state index is -1.00. The number of aliphatic imine (C=N–C) groups is 1. The fourth-order valence-electron chi connectivity index (χ4n) is 7.36. The highest BCUT2D eigenvalue weighted by molar-refractivity contribution is 7.99. The van der Waals surface area contributed by atoms with E-state index in [0.717, 1.165) is 38.1 Å². The highest BCUT2D eigenvalue weighted by Gasteiger charge is 2.45. The first-order valence-electron chi connectivity index (χ1n) is 20.4. The molecule has 0 saturated carbocycles. The molecule has 0 radical (unpaired) electrons. The number of thioether (sulfide) groups is 1. The van der Waals surface area contributed by atoms with Crippen LogP contribution in [0.5, 0.6) is 0 Å². The van der Waals surface area contributed by atoms with Crippen LogP contribution in [0.4, 0.5) is 0 Å². The summed E-state index contributed by atoms with van der Waals surface area (Å²) in [6.07, 6.45) is 0.927. The normalized spacial score (nSPS) is 17.1. The molecule has 0 spiro atoms. The van der Waals surface area contributed by atoms with E-state index in [1.165, 1.54) is 16.6 Å². The van der Waals surface area contributed by atoms with Crippen LogP contribution in [-0.4, -0.2) is 126 Å². The van der Waals surface area contributed by atoms with E-state index in [-0.39, 0.29) is 36.3 Å². The van der Waals surface area contributed by atoms with Crippen LogP contribution in [0.15, 0.2) is 52.4 Å². The number of nitrogens with zero attached hydrogens (tertiary/aromatic N) is 5. The number of nitrogens with one attached hydrogen (secondary N) is 2. The number of thiophene rings is 1. The molecule has 1 saturated heterocycles. The third-order valence-electron chi connectivity index (χ3n) is 10.6. The molecule has 3 aliphatic rings. The minimum absolute atomic E-state index is 0.0681. The summed E-state index contributed by atoms with van der Waals surface area (Å²) in [4.78, 5) is 71.4. The monoisotopic (exact) mass is 905 g/mol. The molecule has 7 rings (SSSR count). The van der Waals surface area contributed by atoms with Gasteiger partial charge in [-0.25, -0.2) is 0 Å². The molecule has 16 nitrogen and oxygen atoms in total. The lowest BCUT2D eigenvalue weighted by molar-refractivity contribution is -0.136. The van der Waals surface area contributed by atoms with E-state index in [4.69, 9.17) is 35.5 Å². The van der Waals surface area contributed by atoms with Gasteiger partial charge in [0.2, 0.25) is 17.7 Å². The Balaban J connectivity index is 0.734. The van der Waals surface area contributed by atoms with Gasteiger partial charge in [-0.15, -0.1) is 33.3 Å². The topological polar surface area (TPSA) is 193 Å². The van der Waals surface area contributed by atoms with Gasteiger partial charge in [0.25, 0.3) is 11.8 Å². The van der Waals surface area contributed by atoms with Crippen molar-refractivity contribution in [3.63, 3.8) is 0 Å². The van der Waals surface area contributed by atoms with Crippen LogP contribution in [0, 0.1) is 20.8 Å². The number of carbonyl (C=O) groups is 5. The molecule has 3 aliphatic heterocycles. The van der Waals surface area contributed by atoms with Crippen molar-refractivity contribution in [2.45, 2.75) is 63.4 Å². The lowest BCUT2D eigenvalue weighted by Gasteiger charge is -2.27. The number of carbonyl (C=O) groups excluding carboxylic acids is 5. The Labute approximate surface area is 372 Å². The molecule has 1 fully saturated rings. The summed E-state index contributed by atoms with van der Waals surface area (Å²) in [5.74, 6) is -0.337. The van der Waals surface area contributed by atoms with Gasteiger partial charge in [0.15, 0.2) is 5.82 Å². The zero-order valence-corrected chi connectivity index (χ0v) is 37.1. The molecule has 5 heterocycles. The van der Waals surface area contributed by atoms with Crippen molar-refractivity contribution in [3.05, 3.63) is 91.8 Å². The Hall–Kier alpha value is -4.82. The second-order valence-corrected chi connectivity index (χ2v) is 17.5. The first kappa shape index (κ1) is 45.2. The summed E-state index contributed by atoms with van der Waals surface area (Å²) < 4.78 is 24.6. The van der Waals surface area contributed by atoms with E-state index < -0.39 is 35.7 Å². The van der Waals surface area contributed by atoms with Crippen molar-refractivity contribution in [1.82, 2.24) is 30.3 Å². The number of fused-ring (bicyclic) bond motifs is 4. The maximum Gasteiger partial charge on any atom is 0.263 e. The Morgan fingerprint density at radius 3 is 2.29 bits per heavy atom. The second-order valence-electron chi connectivity index (χ2n) is 14.7. The largest absolute Gasteiger partial charge is 0.379 e. The van der Waals surface area contributed by atoms with Gasteiger partial charge in [-0.2, -0.15) is 0 Å². The van der Waals surface area contributed by atoms with Crippen LogP contribution in [0.25, 0.3) is 5.00 Å². The highest BCUT2D eigenvalue weighted by Crippen LogP contribution is 2.40. The third-order valence-corrected chi connectivity index (χ3v) is 13.0. The van der Waals surface area contributed by atoms with E-state index in [2.05, 4.69) is 34.7 Å². The molecule has 2 atom stereocenters. The number of piperidine rings is 1. The van der Waals surface area contributed by atoms with Gasteiger partial charge in [-0.3, -0.25) is 43.7 Å². The molecule has 62 heavy (non-hydrogen) atoms. The Morgan fingerprint density at radius 1 is 0.887 bits per heavy atom. The molecule has 2 aromatic heterocycles. The number of hydrogen-bond donors (Lipinski definition) is 2. The summed E-state index contributed by atoms with van der Waals surface area (Å²) >= 11 is 9.28. The van der Waals surface area contributed by atoms with Gasteiger partial charge in [-0.1, -0.05) is 29.8 Å². The number of amides is 5. The standard InChI is InChI=1S/C43H48ClN7O9S2/c1-25-26(2)62-43-36(25)38(28-8-10-29(44)11-9-28)46-31(39-49-48-27(3)50(39)43)24-35(53)45-14-5-15-57-16-17-58-18-19-59-20-21-60-22-23-61-33-7-4-6-30-37(33)42(56)51(41(30)55)32-12-13-34(52)47-40(32)54/h4,6-11,31-32H,5,12-24H2,1-3H3,(H,45,53)(H,47,52,54)/t31-,32?/m0/s1. The number of benzene rings is 2. The quantitative estimate of drug-likeness (QED) is 0.0651. The first-order valence-corrected chi connectivity index (χ1v) is 22.6. The van der Waals surface area contributed by atoms with E-state index in [1.807, 2.05) is 35.8 Å². The predicted octanol–water partition coefficient (Wildman–Crippen LogP) is 4.96. The smallest absolute Gasteiger partial charge is 0.263 e. The Kier molecular flexibility index (Phi) is 15.3. The second kappa shape index (κ2) is 21.0. The summed E-state index contributed by atoms with van der Waals surface area (Å²) in [6.45, 7) is 9.80. The molecular formula is C43H48ClN7O9S2. The van der Waals surface area contributed by atoms with Gasteiger partial charge in [-0.05, 0) is 63.4 Å². The SMILES string of the molecule is Cc1sc2c(c1C)C(c1ccc(Cl)cc1)=N[C@@H](CC(=O)NCCCOCCOCCOCCOCCSc1cccc3c1C(=O)N(C1CCC(=O)NC1=O)C3=O)c1nnc(C)n1-2. The van der Waals surface area contributed by atoms with Crippen molar-refractivity contribution in [2.24, 2.45) is 4.99 Å².